The van der Waals surface area contributed by atoms with Crippen LogP contribution in [0.15, 0.2) is 77.7 Å². The lowest BCUT2D eigenvalue weighted by atomic mass is 10.1. The first-order valence-electron chi connectivity index (χ1n) is 10.4. The highest BCUT2D eigenvalue weighted by atomic mass is 32.2. The quantitative estimate of drug-likeness (QED) is 0.633. The van der Waals surface area contributed by atoms with Crippen molar-refractivity contribution in [1.29, 1.82) is 0 Å². The van der Waals surface area contributed by atoms with Crippen molar-refractivity contribution in [2.75, 3.05) is 18.2 Å². The molecule has 1 unspecified atom stereocenters. The van der Waals surface area contributed by atoms with Gasteiger partial charge in [0, 0.05) is 23.1 Å². The number of anilines is 1. The van der Waals surface area contributed by atoms with Crippen LogP contribution in [0.3, 0.4) is 0 Å². The fourth-order valence-electron chi connectivity index (χ4n) is 3.86. The first kappa shape index (κ1) is 20.5. The topological polar surface area (TPSA) is 67.9 Å². The first-order valence-corrected chi connectivity index (χ1v) is 11.3. The van der Waals surface area contributed by atoms with Crippen LogP contribution < -0.4 is 19.7 Å². The Kier molecular flexibility index (Phi) is 5.73. The molecule has 0 saturated carbocycles. The van der Waals surface area contributed by atoms with Gasteiger partial charge in [0.2, 0.25) is 18.6 Å². The zero-order chi connectivity index (χ0) is 21.9. The molecule has 0 saturated heterocycles. The minimum atomic E-state index is -0.214. The zero-order valence-electron chi connectivity index (χ0n) is 17.3. The van der Waals surface area contributed by atoms with Crippen molar-refractivity contribution in [3.8, 4) is 11.5 Å². The number of thioether (sulfide) groups is 1. The van der Waals surface area contributed by atoms with Crippen LogP contribution in [0, 0.1) is 0 Å². The van der Waals surface area contributed by atoms with Crippen LogP contribution in [0.4, 0.5) is 5.69 Å². The van der Waals surface area contributed by atoms with Crippen LogP contribution in [-0.2, 0) is 16.1 Å². The number of hydrogen-bond donors (Lipinski definition) is 1. The van der Waals surface area contributed by atoms with Crippen molar-refractivity contribution in [2.24, 2.45) is 0 Å². The lowest BCUT2D eigenvalue weighted by molar-refractivity contribution is -0.124. The lowest BCUT2D eigenvalue weighted by Gasteiger charge is -2.22. The van der Waals surface area contributed by atoms with Gasteiger partial charge in [-0.05, 0) is 35.4 Å². The van der Waals surface area contributed by atoms with Crippen LogP contribution in [0.5, 0.6) is 11.5 Å². The Hall–Kier alpha value is -3.45. The van der Waals surface area contributed by atoms with E-state index in [-0.39, 0.29) is 30.4 Å². The van der Waals surface area contributed by atoms with Crippen LogP contribution in [0.2, 0.25) is 0 Å². The third-order valence-electron chi connectivity index (χ3n) is 5.49. The average molecular weight is 447 g/mol. The number of hydrogen-bond acceptors (Lipinski definition) is 5. The third kappa shape index (κ3) is 4.29. The summed E-state index contributed by atoms with van der Waals surface area (Å²) in [6.45, 7) is 0.534. The van der Waals surface area contributed by atoms with E-state index in [2.05, 4.69) is 5.32 Å². The number of ether oxygens (including phenoxy) is 2. The monoisotopic (exact) mass is 446 g/mol. The molecule has 0 aromatic heterocycles. The summed E-state index contributed by atoms with van der Waals surface area (Å²) in [6.07, 6.45) is 0.332. The van der Waals surface area contributed by atoms with Gasteiger partial charge in [-0.3, -0.25) is 9.59 Å². The molecule has 3 aromatic rings. The predicted octanol–water partition coefficient (Wildman–Crippen LogP) is 4.30. The van der Waals surface area contributed by atoms with E-state index >= 15 is 0 Å². The van der Waals surface area contributed by atoms with Crippen molar-refractivity contribution < 1.29 is 19.1 Å². The van der Waals surface area contributed by atoms with E-state index in [0.29, 0.717) is 24.5 Å². The molecule has 2 amide bonds. The van der Waals surface area contributed by atoms with Crippen molar-refractivity contribution in [3.05, 3.63) is 83.9 Å². The Bertz CT molecular complexity index is 1150. The molecule has 2 aliphatic heterocycles. The molecule has 7 heteroatoms. The molecule has 32 heavy (non-hydrogen) atoms. The van der Waals surface area contributed by atoms with Gasteiger partial charge in [-0.1, -0.05) is 48.5 Å². The van der Waals surface area contributed by atoms with Gasteiger partial charge in [-0.25, -0.2) is 0 Å². The third-order valence-corrected chi connectivity index (χ3v) is 6.81. The van der Waals surface area contributed by atoms with Crippen molar-refractivity contribution >= 4 is 29.3 Å². The molecule has 0 aliphatic carbocycles. The molecule has 0 radical (unpaired) electrons. The molecule has 5 rings (SSSR count). The minimum Gasteiger partial charge on any atom is -0.454 e. The summed E-state index contributed by atoms with van der Waals surface area (Å²) in [5.41, 5.74) is 2.79. The van der Waals surface area contributed by atoms with Crippen LogP contribution in [-0.4, -0.2) is 25.2 Å². The molecule has 1 N–H and O–H groups in total. The van der Waals surface area contributed by atoms with Crippen LogP contribution in [0.1, 0.15) is 22.8 Å². The number of benzene rings is 3. The van der Waals surface area contributed by atoms with E-state index in [1.807, 2.05) is 72.8 Å². The largest absolute Gasteiger partial charge is 0.454 e. The fourth-order valence-corrected chi connectivity index (χ4v) is 5.14. The molecular formula is C25H22N2O4S. The van der Waals surface area contributed by atoms with Gasteiger partial charge in [-0.2, -0.15) is 0 Å². The van der Waals surface area contributed by atoms with Crippen molar-refractivity contribution in [2.45, 2.75) is 23.1 Å². The number of carbonyl (C=O) groups excluding carboxylic acids is 2. The number of amides is 2. The smallest absolute Gasteiger partial charge is 0.240 e. The normalized spacial score (nSPS) is 16.9. The van der Waals surface area contributed by atoms with Crippen LogP contribution >= 0.6 is 11.8 Å². The molecule has 1 atom stereocenters. The highest BCUT2D eigenvalue weighted by molar-refractivity contribution is 7.99. The zero-order valence-corrected chi connectivity index (χ0v) is 18.1. The second-order valence-corrected chi connectivity index (χ2v) is 8.88. The van der Waals surface area contributed by atoms with E-state index < -0.39 is 0 Å². The maximum absolute atomic E-state index is 13.2. The van der Waals surface area contributed by atoms with Gasteiger partial charge in [0.05, 0.1) is 5.69 Å². The molecule has 6 nitrogen and oxygen atoms in total. The van der Waals surface area contributed by atoms with E-state index in [1.54, 1.807) is 16.7 Å². The standard InChI is InChI=1S/C25H22N2O4S/c28-24(26-14-17-10-11-20-21(12-17)31-16-30-20)15-27-19-8-4-5-9-22(19)32-23(13-25(27)29)18-6-2-1-3-7-18/h1-12,23H,13-16H2,(H,26,28). The molecule has 2 aliphatic rings. The van der Waals surface area contributed by atoms with Gasteiger partial charge in [-0.15, -0.1) is 11.8 Å². The Morgan fingerprint density at radius 2 is 1.78 bits per heavy atom. The van der Waals surface area contributed by atoms with E-state index in [1.165, 1.54) is 0 Å². The Morgan fingerprint density at radius 1 is 1.00 bits per heavy atom. The lowest BCUT2D eigenvalue weighted by Crippen LogP contribution is -2.40. The number of fused-ring (bicyclic) bond motifs is 2. The van der Waals surface area contributed by atoms with Crippen molar-refractivity contribution in [1.82, 2.24) is 5.32 Å². The first-order chi connectivity index (χ1) is 15.7. The maximum atomic E-state index is 13.2. The van der Waals surface area contributed by atoms with Crippen LogP contribution in [0.25, 0.3) is 0 Å². The van der Waals surface area contributed by atoms with E-state index in [4.69, 9.17) is 9.47 Å². The molecule has 3 aromatic carbocycles. The highest BCUT2D eigenvalue weighted by Crippen LogP contribution is 2.45. The van der Waals surface area contributed by atoms with Gasteiger partial charge >= 0.3 is 0 Å². The summed E-state index contributed by atoms with van der Waals surface area (Å²) in [6, 6.07) is 23.4. The summed E-state index contributed by atoms with van der Waals surface area (Å²) in [5.74, 6) is 1.11. The second-order valence-electron chi connectivity index (χ2n) is 7.63. The van der Waals surface area contributed by atoms with Crippen molar-refractivity contribution in [3.63, 3.8) is 0 Å². The van der Waals surface area contributed by atoms with E-state index in [9.17, 15) is 9.59 Å². The summed E-state index contributed by atoms with van der Waals surface area (Å²) >= 11 is 1.67. The minimum absolute atomic E-state index is 0.00606. The van der Waals surface area contributed by atoms with Gasteiger partial charge in [0.15, 0.2) is 11.5 Å². The molecule has 0 spiro atoms. The Morgan fingerprint density at radius 3 is 2.66 bits per heavy atom. The number of nitrogens with one attached hydrogen (secondary N) is 1. The molecule has 0 fully saturated rings. The Balaban J connectivity index is 1.30. The number of para-hydroxylation sites is 1. The second kappa shape index (κ2) is 8.96. The van der Waals surface area contributed by atoms with E-state index in [0.717, 1.165) is 21.7 Å². The van der Waals surface area contributed by atoms with Gasteiger partial charge in [0.1, 0.15) is 6.54 Å². The molecule has 2 heterocycles. The summed E-state index contributed by atoms with van der Waals surface area (Å²) < 4.78 is 10.7. The highest BCUT2D eigenvalue weighted by Gasteiger charge is 2.30. The number of carbonyl (C=O) groups is 2. The summed E-state index contributed by atoms with van der Waals surface area (Å²) in [7, 11) is 0. The summed E-state index contributed by atoms with van der Waals surface area (Å²) in [5, 5.41) is 2.92. The van der Waals surface area contributed by atoms with Gasteiger partial charge < -0.3 is 19.7 Å². The molecule has 0 bridgehead atoms. The molecular weight excluding hydrogens is 424 g/mol. The number of nitrogens with zero attached hydrogens (tertiary/aromatic N) is 1. The summed E-state index contributed by atoms with van der Waals surface area (Å²) in [4.78, 5) is 28.6. The number of rotatable bonds is 5. The fraction of sp³-hybridized carbons (Fsp3) is 0.200. The maximum Gasteiger partial charge on any atom is 0.240 e. The predicted molar refractivity (Wildman–Crippen MR) is 123 cm³/mol. The average Bonchev–Trinajstić information content (AvgIpc) is 3.24. The SMILES string of the molecule is O=C(CN1C(=O)CC(c2ccccc2)Sc2ccccc21)NCc1ccc2c(c1)OCO2. The molecule has 162 valence electrons. The van der Waals surface area contributed by atoms with Gasteiger partial charge in [0.25, 0.3) is 0 Å². The Labute approximate surface area is 190 Å².